The Hall–Kier alpha value is -1.26. The first-order valence-electron chi connectivity index (χ1n) is 7.91. The molecule has 0 spiro atoms. The Morgan fingerprint density at radius 2 is 1.95 bits per heavy atom. The van der Waals surface area contributed by atoms with E-state index in [0.717, 1.165) is 51.6 Å². The number of aliphatic carboxylic acids is 1. The van der Waals surface area contributed by atoms with Crippen LogP contribution in [0.5, 0.6) is 0 Å². The summed E-state index contributed by atoms with van der Waals surface area (Å²) in [4.78, 5) is 27.5. The molecule has 0 saturated carbocycles. The molecule has 0 aliphatic carbocycles. The van der Waals surface area contributed by atoms with Gasteiger partial charge in [0.15, 0.2) is 0 Å². The normalized spacial score (nSPS) is 27.4. The summed E-state index contributed by atoms with van der Waals surface area (Å²) in [5.41, 5.74) is 0. The van der Waals surface area contributed by atoms with Crippen LogP contribution in [0, 0.1) is 5.92 Å². The van der Waals surface area contributed by atoms with Crippen molar-refractivity contribution in [1.29, 1.82) is 0 Å². The molecule has 0 bridgehead atoms. The van der Waals surface area contributed by atoms with E-state index >= 15 is 0 Å². The summed E-state index contributed by atoms with van der Waals surface area (Å²) < 4.78 is 0. The van der Waals surface area contributed by atoms with Crippen molar-refractivity contribution in [3.8, 4) is 0 Å². The average molecular weight is 282 g/mol. The highest BCUT2D eigenvalue weighted by Gasteiger charge is 2.35. The van der Waals surface area contributed by atoms with Crippen molar-refractivity contribution in [3.05, 3.63) is 0 Å². The lowest BCUT2D eigenvalue weighted by Gasteiger charge is -2.31. The summed E-state index contributed by atoms with van der Waals surface area (Å²) in [7, 11) is 0. The van der Waals surface area contributed by atoms with Gasteiger partial charge in [0.25, 0.3) is 0 Å². The van der Waals surface area contributed by atoms with E-state index in [2.05, 4.69) is 6.92 Å². The van der Waals surface area contributed by atoms with Crippen molar-refractivity contribution >= 4 is 12.0 Å². The van der Waals surface area contributed by atoms with E-state index in [0.29, 0.717) is 18.9 Å². The quantitative estimate of drug-likeness (QED) is 0.865. The Bertz CT molecular complexity index is 359. The first kappa shape index (κ1) is 15.1. The Kier molecular flexibility index (Phi) is 5.26. The number of carbonyl (C=O) groups excluding carboxylic acids is 1. The molecule has 5 heteroatoms. The van der Waals surface area contributed by atoms with Crippen LogP contribution in [-0.2, 0) is 4.79 Å². The lowest BCUT2D eigenvalue weighted by Crippen LogP contribution is -2.50. The molecule has 2 unspecified atom stereocenters. The molecule has 2 aliphatic rings. The van der Waals surface area contributed by atoms with Crippen LogP contribution in [0.4, 0.5) is 4.79 Å². The van der Waals surface area contributed by atoms with Gasteiger partial charge in [0.1, 0.15) is 6.04 Å². The van der Waals surface area contributed by atoms with Crippen LogP contribution in [-0.4, -0.2) is 52.6 Å². The second-order valence-corrected chi connectivity index (χ2v) is 6.07. The Morgan fingerprint density at radius 1 is 1.15 bits per heavy atom. The van der Waals surface area contributed by atoms with Crippen LogP contribution in [0.3, 0.4) is 0 Å². The van der Waals surface area contributed by atoms with Crippen LogP contribution < -0.4 is 0 Å². The minimum Gasteiger partial charge on any atom is -0.480 e. The minimum absolute atomic E-state index is 0.0575. The Morgan fingerprint density at radius 3 is 2.65 bits per heavy atom. The highest BCUT2D eigenvalue weighted by molar-refractivity contribution is 5.83. The van der Waals surface area contributed by atoms with Crippen LogP contribution in [0.15, 0.2) is 0 Å². The molecule has 5 nitrogen and oxygen atoms in total. The fourth-order valence-electron chi connectivity index (χ4n) is 3.43. The fraction of sp³-hybridized carbons (Fsp3) is 0.867. The van der Waals surface area contributed by atoms with E-state index in [1.807, 2.05) is 4.90 Å². The second kappa shape index (κ2) is 6.95. The lowest BCUT2D eigenvalue weighted by molar-refractivity contribution is -0.142. The molecule has 0 aromatic rings. The topological polar surface area (TPSA) is 60.9 Å². The van der Waals surface area contributed by atoms with Crippen LogP contribution in [0.1, 0.15) is 51.9 Å². The van der Waals surface area contributed by atoms with Gasteiger partial charge in [0.05, 0.1) is 0 Å². The molecule has 2 rings (SSSR count). The number of carboxylic acid groups (broad SMARTS) is 1. The SMILES string of the molecule is CCCC1CCN(C(=O)N2CCCCCC2C(=O)O)C1. The Balaban J connectivity index is 2.00. The van der Waals surface area contributed by atoms with Gasteiger partial charge in [-0.05, 0) is 31.6 Å². The monoisotopic (exact) mass is 282 g/mol. The molecule has 0 aromatic heterocycles. The summed E-state index contributed by atoms with van der Waals surface area (Å²) in [5.74, 6) is -0.260. The molecular formula is C15H26N2O3. The van der Waals surface area contributed by atoms with Crippen molar-refractivity contribution in [2.45, 2.75) is 57.9 Å². The second-order valence-electron chi connectivity index (χ2n) is 6.07. The summed E-state index contributed by atoms with van der Waals surface area (Å²) in [5, 5.41) is 9.35. The van der Waals surface area contributed by atoms with Crippen LogP contribution >= 0.6 is 0 Å². The number of carboxylic acids is 1. The van der Waals surface area contributed by atoms with Gasteiger partial charge < -0.3 is 14.9 Å². The fourth-order valence-corrected chi connectivity index (χ4v) is 3.43. The molecule has 2 aliphatic heterocycles. The minimum atomic E-state index is -0.857. The van der Waals surface area contributed by atoms with Crippen LogP contribution in [0.25, 0.3) is 0 Å². The first-order valence-corrected chi connectivity index (χ1v) is 7.91. The first-order chi connectivity index (χ1) is 9.63. The molecule has 2 heterocycles. The highest BCUT2D eigenvalue weighted by Crippen LogP contribution is 2.24. The summed E-state index contributed by atoms with van der Waals surface area (Å²) in [6.07, 6.45) is 6.80. The number of rotatable bonds is 3. The maximum absolute atomic E-state index is 12.6. The number of hydrogen-bond donors (Lipinski definition) is 1. The number of hydrogen-bond acceptors (Lipinski definition) is 2. The van der Waals surface area contributed by atoms with E-state index in [1.54, 1.807) is 4.90 Å². The van der Waals surface area contributed by atoms with E-state index in [1.165, 1.54) is 0 Å². The maximum Gasteiger partial charge on any atom is 0.326 e. The van der Waals surface area contributed by atoms with Gasteiger partial charge in [0, 0.05) is 19.6 Å². The molecule has 0 radical (unpaired) electrons. The molecule has 2 atom stereocenters. The van der Waals surface area contributed by atoms with Crippen molar-refractivity contribution in [2.75, 3.05) is 19.6 Å². The molecule has 2 amide bonds. The van der Waals surface area contributed by atoms with E-state index in [9.17, 15) is 14.7 Å². The van der Waals surface area contributed by atoms with Gasteiger partial charge in [-0.15, -0.1) is 0 Å². The predicted octanol–water partition coefficient (Wildman–Crippen LogP) is 2.56. The number of amides is 2. The predicted molar refractivity (Wildman–Crippen MR) is 76.6 cm³/mol. The lowest BCUT2D eigenvalue weighted by atomic mass is 10.0. The summed E-state index contributed by atoms with van der Waals surface area (Å²) in [6.45, 7) is 4.34. The molecule has 114 valence electrons. The molecule has 0 aromatic carbocycles. The van der Waals surface area contributed by atoms with Gasteiger partial charge in [-0.3, -0.25) is 0 Å². The van der Waals surface area contributed by atoms with Gasteiger partial charge >= 0.3 is 12.0 Å². The average Bonchev–Trinajstić information content (AvgIpc) is 2.74. The number of likely N-dealkylation sites (tertiary alicyclic amines) is 2. The largest absolute Gasteiger partial charge is 0.480 e. The number of carbonyl (C=O) groups is 2. The van der Waals surface area contributed by atoms with Gasteiger partial charge in [0.2, 0.25) is 0 Å². The molecular weight excluding hydrogens is 256 g/mol. The van der Waals surface area contributed by atoms with E-state index < -0.39 is 12.0 Å². The zero-order valence-electron chi connectivity index (χ0n) is 12.4. The zero-order valence-corrected chi connectivity index (χ0v) is 12.4. The van der Waals surface area contributed by atoms with Crippen molar-refractivity contribution in [3.63, 3.8) is 0 Å². The van der Waals surface area contributed by atoms with Crippen molar-refractivity contribution in [2.24, 2.45) is 5.92 Å². The van der Waals surface area contributed by atoms with Crippen molar-refractivity contribution in [1.82, 2.24) is 9.80 Å². The Labute approximate surface area is 120 Å². The van der Waals surface area contributed by atoms with E-state index in [4.69, 9.17) is 0 Å². The standard InChI is InChI=1S/C15H26N2O3/c1-2-6-12-8-10-16(11-12)15(20)17-9-5-3-4-7-13(17)14(18)19/h12-13H,2-11H2,1H3,(H,18,19). The molecule has 2 saturated heterocycles. The third-order valence-electron chi connectivity index (χ3n) is 4.54. The molecule has 1 N–H and O–H groups in total. The smallest absolute Gasteiger partial charge is 0.326 e. The summed E-state index contributed by atoms with van der Waals surface area (Å²) >= 11 is 0. The highest BCUT2D eigenvalue weighted by atomic mass is 16.4. The van der Waals surface area contributed by atoms with Gasteiger partial charge in [-0.25, -0.2) is 9.59 Å². The van der Waals surface area contributed by atoms with E-state index in [-0.39, 0.29) is 6.03 Å². The third-order valence-corrected chi connectivity index (χ3v) is 4.54. The molecule has 20 heavy (non-hydrogen) atoms. The summed E-state index contributed by atoms with van der Waals surface area (Å²) in [6, 6.07) is -0.687. The molecule has 2 fully saturated rings. The maximum atomic E-state index is 12.6. The van der Waals surface area contributed by atoms with Gasteiger partial charge in [-0.1, -0.05) is 26.2 Å². The number of urea groups is 1. The zero-order chi connectivity index (χ0) is 14.5. The third kappa shape index (κ3) is 3.44. The number of nitrogens with zero attached hydrogens (tertiary/aromatic N) is 2. The van der Waals surface area contributed by atoms with Gasteiger partial charge in [-0.2, -0.15) is 0 Å². The van der Waals surface area contributed by atoms with Crippen LogP contribution in [0.2, 0.25) is 0 Å². The van der Waals surface area contributed by atoms with Crippen molar-refractivity contribution < 1.29 is 14.7 Å².